The summed E-state index contributed by atoms with van der Waals surface area (Å²) in [5.74, 6) is 1.21. The van der Waals surface area contributed by atoms with Crippen LogP contribution in [0, 0.1) is 5.41 Å². The minimum absolute atomic E-state index is 0.132. The number of nitrogens with zero attached hydrogens (tertiary/aromatic N) is 6. The molecule has 4 aromatic rings. The van der Waals surface area contributed by atoms with E-state index in [1.54, 1.807) is 30.5 Å². The maximum atomic E-state index is 8.72. The fourth-order valence-corrected chi connectivity index (χ4v) is 5.26. The number of aromatic nitrogens is 5. The topological polar surface area (TPSA) is 145 Å². The fourth-order valence-electron chi connectivity index (χ4n) is 4.59. The van der Waals surface area contributed by atoms with Crippen LogP contribution in [0.25, 0.3) is 0 Å². The van der Waals surface area contributed by atoms with Crippen LogP contribution in [-0.4, -0.2) is 49.3 Å². The van der Waals surface area contributed by atoms with Crippen LogP contribution in [0.2, 0.25) is 10.0 Å². The number of nitrogen functional groups attached to an aromatic ring is 1. The van der Waals surface area contributed by atoms with Crippen LogP contribution in [0.5, 0.6) is 5.75 Å². The number of rotatable bonds is 8. The highest BCUT2D eigenvalue weighted by molar-refractivity contribution is 6.35. The lowest BCUT2D eigenvalue weighted by Crippen LogP contribution is -2.69. The molecule has 1 saturated heterocycles. The highest BCUT2D eigenvalue weighted by Crippen LogP contribution is 2.33. The lowest BCUT2D eigenvalue weighted by Gasteiger charge is -2.48. The van der Waals surface area contributed by atoms with Crippen LogP contribution in [-0.2, 0) is 13.5 Å². The molecule has 38 heavy (non-hydrogen) atoms. The van der Waals surface area contributed by atoms with Gasteiger partial charge in [0, 0.05) is 67.7 Å². The van der Waals surface area contributed by atoms with Gasteiger partial charge in [0.1, 0.15) is 17.5 Å². The summed E-state index contributed by atoms with van der Waals surface area (Å²) in [7, 11) is 1.91. The van der Waals surface area contributed by atoms with E-state index in [9.17, 15) is 0 Å². The summed E-state index contributed by atoms with van der Waals surface area (Å²) in [4.78, 5) is 6.04. The van der Waals surface area contributed by atoms with Crippen molar-refractivity contribution in [3.05, 3.63) is 87.5 Å². The molecule has 0 unspecified atom stereocenters. The Balaban J connectivity index is 1.27. The third-order valence-corrected chi connectivity index (χ3v) is 7.20. The van der Waals surface area contributed by atoms with Gasteiger partial charge in [-0.15, -0.1) is 10.2 Å². The van der Waals surface area contributed by atoms with Crippen molar-refractivity contribution in [2.75, 3.05) is 23.7 Å². The summed E-state index contributed by atoms with van der Waals surface area (Å²) < 4.78 is 7.91. The Kier molecular flexibility index (Phi) is 6.95. The molecule has 4 heterocycles. The van der Waals surface area contributed by atoms with E-state index < -0.39 is 6.10 Å². The summed E-state index contributed by atoms with van der Waals surface area (Å²) in [6.07, 6.45) is 5.08. The highest BCUT2D eigenvalue weighted by Gasteiger charge is 2.41. The summed E-state index contributed by atoms with van der Waals surface area (Å²) in [5.41, 5.74) is 15.5. The van der Waals surface area contributed by atoms with Gasteiger partial charge < -0.3 is 21.1 Å². The van der Waals surface area contributed by atoms with Gasteiger partial charge in [-0.25, -0.2) is 0 Å². The lowest BCUT2D eigenvalue weighted by atomic mass is 9.86. The largest absolute Gasteiger partial charge is 0.486 e. The Hall–Kier alpha value is -3.73. The Bertz CT molecular complexity index is 1460. The van der Waals surface area contributed by atoms with Crippen molar-refractivity contribution in [1.82, 2.24) is 25.0 Å². The Morgan fingerprint density at radius 2 is 1.87 bits per heavy atom. The zero-order valence-electron chi connectivity index (χ0n) is 20.9. The molecule has 1 aliphatic rings. The molecule has 5 rings (SSSR count). The minimum atomic E-state index is -0.452. The second kappa shape index (κ2) is 10.2. The van der Waals surface area contributed by atoms with Crippen LogP contribution in [0.4, 0.5) is 11.5 Å². The molecule has 0 saturated carbocycles. The van der Waals surface area contributed by atoms with Gasteiger partial charge in [-0.1, -0.05) is 23.2 Å². The van der Waals surface area contributed by atoms with Crippen molar-refractivity contribution < 1.29 is 4.74 Å². The third-order valence-electron chi connectivity index (χ3n) is 6.60. The van der Waals surface area contributed by atoms with Crippen molar-refractivity contribution in [3.8, 4) is 5.75 Å². The number of nitrogens with one attached hydrogen (secondary N) is 1. The molecule has 1 aliphatic heterocycles. The van der Waals surface area contributed by atoms with E-state index in [-0.39, 0.29) is 11.3 Å². The number of hydrogen-bond donors (Lipinski definition) is 3. The van der Waals surface area contributed by atoms with Crippen LogP contribution < -0.4 is 21.1 Å². The summed E-state index contributed by atoms with van der Waals surface area (Å²) in [5, 5.41) is 22.4. The first-order valence-corrected chi connectivity index (χ1v) is 12.7. The molecule has 1 fully saturated rings. The number of halogens is 2. The third kappa shape index (κ3) is 5.15. The zero-order chi connectivity index (χ0) is 27.0. The Morgan fingerprint density at radius 3 is 2.50 bits per heavy atom. The first kappa shape index (κ1) is 25.9. The van der Waals surface area contributed by atoms with Gasteiger partial charge in [-0.3, -0.25) is 15.1 Å². The van der Waals surface area contributed by atoms with E-state index in [1.807, 2.05) is 30.8 Å². The second-order valence-electron chi connectivity index (χ2n) is 9.52. The average molecular weight is 552 g/mol. The van der Waals surface area contributed by atoms with Crippen LogP contribution in [0.15, 0.2) is 55.0 Å². The number of aryl methyl sites for hydroxylation is 1. The molecule has 12 heteroatoms. The maximum absolute atomic E-state index is 8.72. The number of pyridine rings is 1. The molecule has 0 spiro atoms. The first-order chi connectivity index (χ1) is 18.1. The van der Waals surface area contributed by atoms with Gasteiger partial charge in [-0.05, 0) is 43.3 Å². The molecule has 5 N–H and O–H groups in total. The van der Waals surface area contributed by atoms with Crippen molar-refractivity contribution in [2.45, 2.75) is 25.0 Å². The number of ether oxygens (including phenoxy) is 1. The standard InChI is InChI=1S/C26H27Cl2N9O/c1-15(24-19(27)11-32-12-20(24)28)38-17-3-4-21(29)18(9-17)25(30)22-5-6-23(35-34-22)37-13-26(31,14-37)10-16-7-8-33-36(16)2/h3-9,11-12,15,30H,10,13-14,29,31H2,1-2H3/t15-/m1/s1. The van der Waals surface area contributed by atoms with Crippen LogP contribution in [0.3, 0.4) is 0 Å². The number of benzene rings is 1. The van der Waals surface area contributed by atoms with Gasteiger partial charge in [-0.2, -0.15) is 5.10 Å². The highest BCUT2D eigenvalue weighted by atomic mass is 35.5. The normalized spacial score (nSPS) is 15.1. The fraction of sp³-hybridized carbons (Fsp3) is 0.269. The zero-order valence-corrected chi connectivity index (χ0v) is 22.4. The molecule has 1 aromatic carbocycles. The molecule has 0 aliphatic carbocycles. The predicted octanol–water partition coefficient (Wildman–Crippen LogP) is 3.81. The van der Waals surface area contributed by atoms with Gasteiger partial charge >= 0.3 is 0 Å². The van der Waals surface area contributed by atoms with Gasteiger partial charge in [0.15, 0.2) is 5.82 Å². The maximum Gasteiger partial charge on any atom is 0.151 e. The quantitative estimate of drug-likeness (QED) is 0.221. The van der Waals surface area contributed by atoms with E-state index in [0.717, 1.165) is 12.1 Å². The molecule has 0 bridgehead atoms. The molecular weight excluding hydrogens is 525 g/mol. The molecule has 1 atom stereocenters. The summed E-state index contributed by atoms with van der Waals surface area (Å²) in [6.45, 7) is 3.14. The smallest absolute Gasteiger partial charge is 0.151 e. The average Bonchev–Trinajstić information content (AvgIpc) is 3.27. The van der Waals surface area contributed by atoms with E-state index >= 15 is 0 Å². The van der Waals surface area contributed by atoms with E-state index in [4.69, 9.17) is 44.8 Å². The number of anilines is 2. The van der Waals surface area contributed by atoms with Crippen molar-refractivity contribution in [3.63, 3.8) is 0 Å². The molecule has 0 amide bonds. The molecule has 196 valence electrons. The van der Waals surface area contributed by atoms with Gasteiger partial charge in [0.25, 0.3) is 0 Å². The summed E-state index contributed by atoms with van der Waals surface area (Å²) in [6, 6.07) is 10.7. The summed E-state index contributed by atoms with van der Waals surface area (Å²) >= 11 is 12.5. The van der Waals surface area contributed by atoms with Crippen molar-refractivity contribution in [1.29, 1.82) is 5.41 Å². The SMILES string of the molecule is C[C@@H](Oc1ccc(N)c(C(=N)c2ccc(N3CC(N)(Cc4ccnn4C)C3)nn2)c1)c1c(Cl)cncc1Cl. The Labute approximate surface area is 230 Å². The van der Waals surface area contributed by atoms with Crippen LogP contribution >= 0.6 is 23.2 Å². The van der Waals surface area contributed by atoms with E-state index in [2.05, 4.69) is 25.2 Å². The minimum Gasteiger partial charge on any atom is -0.486 e. The lowest BCUT2D eigenvalue weighted by molar-refractivity contribution is 0.227. The second-order valence-corrected chi connectivity index (χ2v) is 10.3. The van der Waals surface area contributed by atoms with Crippen molar-refractivity contribution in [2.24, 2.45) is 12.8 Å². The van der Waals surface area contributed by atoms with Crippen LogP contribution in [0.1, 0.15) is 35.5 Å². The number of hydrogen-bond acceptors (Lipinski definition) is 9. The number of nitrogens with two attached hydrogens (primary N) is 2. The Morgan fingerprint density at radius 1 is 1.13 bits per heavy atom. The molecule has 3 aromatic heterocycles. The predicted molar refractivity (Wildman–Crippen MR) is 148 cm³/mol. The first-order valence-electron chi connectivity index (χ1n) is 11.9. The molecular formula is C26H27Cl2N9O. The molecule has 0 radical (unpaired) electrons. The van der Waals surface area contributed by atoms with E-state index in [0.29, 0.717) is 57.2 Å². The van der Waals surface area contributed by atoms with E-state index in [1.165, 1.54) is 12.4 Å². The van der Waals surface area contributed by atoms with Crippen molar-refractivity contribution >= 4 is 40.4 Å². The monoisotopic (exact) mass is 551 g/mol. The van der Waals surface area contributed by atoms with Gasteiger partial charge in [0.05, 0.1) is 21.3 Å². The van der Waals surface area contributed by atoms with Gasteiger partial charge in [0.2, 0.25) is 0 Å². The molecule has 10 nitrogen and oxygen atoms in total.